The first-order valence-corrected chi connectivity index (χ1v) is 5.87. The number of nitrogens with one attached hydrogen (secondary N) is 1. The maximum absolute atomic E-state index is 5.83. The van der Waals surface area contributed by atoms with E-state index in [1.807, 2.05) is 30.3 Å². The molecule has 1 aromatic carbocycles. The Labute approximate surface area is 111 Å². The summed E-state index contributed by atoms with van der Waals surface area (Å²) < 4.78 is 10.6. The van der Waals surface area contributed by atoms with Gasteiger partial charge in [0.2, 0.25) is 5.88 Å². The molecule has 3 N–H and O–H groups in total. The highest BCUT2D eigenvalue weighted by Gasteiger charge is 2.07. The second-order valence-corrected chi connectivity index (χ2v) is 3.73. The van der Waals surface area contributed by atoms with Crippen LogP contribution in [0, 0.1) is 0 Å². The summed E-state index contributed by atoms with van der Waals surface area (Å²) in [7, 11) is 1.51. The van der Waals surface area contributed by atoms with Crippen LogP contribution in [0.5, 0.6) is 11.6 Å². The Morgan fingerprint density at radius 2 is 2.00 bits per heavy atom. The molecule has 6 nitrogen and oxygen atoms in total. The molecule has 2 aromatic rings. The highest BCUT2D eigenvalue weighted by molar-refractivity contribution is 5.66. The number of aromatic nitrogens is 2. The molecule has 0 amide bonds. The minimum Gasteiger partial charge on any atom is -0.492 e. The van der Waals surface area contributed by atoms with E-state index < -0.39 is 0 Å². The second-order valence-electron chi connectivity index (χ2n) is 3.73. The molecule has 1 heterocycles. The fourth-order valence-electron chi connectivity index (χ4n) is 1.54. The van der Waals surface area contributed by atoms with E-state index in [2.05, 4.69) is 15.3 Å². The molecule has 0 radical (unpaired) electrons. The van der Waals surface area contributed by atoms with Gasteiger partial charge in [0.25, 0.3) is 0 Å². The molecule has 2 rings (SSSR count). The lowest BCUT2D eigenvalue weighted by molar-refractivity contribution is 0.332. The van der Waals surface area contributed by atoms with Crippen molar-refractivity contribution in [3.63, 3.8) is 0 Å². The topological polar surface area (TPSA) is 82.3 Å². The summed E-state index contributed by atoms with van der Waals surface area (Å²) in [5, 5.41) is 3.08. The number of nitrogens with zero attached hydrogens (tertiary/aromatic N) is 2. The Hall–Kier alpha value is -2.50. The van der Waals surface area contributed by atoms with Crippen LogP contribution in [0.3, 0.4) is 0 Å². The fourth-order valence-corrected chi connectivity index (χ4v) is 1.54. The van der Waals surface area contributed by atoms with Crippen molar-refractivity contribution in [1.82, 2.24) is 9.97 Å². The van der Waals surface area contributed by atoms with Crippen LogP contribution in [-0.2, 0) is 0 Å². The number of para-hydroxylation sites is 1. The molecule has 1 aromatic heterocycles. The van der Waals surface area contributed by atoms with Gasteiger partial charge in [0.05, 0.1) is 13.7 Å². The molecular formula is C13H16N4O2. The van der Waals surface area contributed by atoms with E-state index in [9.17, 15) is 0 Å². The minimum absolute atomic E-state index is 0.362. The van der Waals surface area contributed by atoms with E-state index >= 15 is 0 Å². The van der Waals surface area contributed by atoms with Gasteiger partial charge in [-0.1, -0.05) is 18.2 Å². The number of nitrogen functional groups attached to an aromatic ring is 1. The minimum atomic E-state index is 0.362. The molecule has 0 spiro atoms. The van der Waals surface area contributed by atoms with Gasteiger partial charge in [-0.2, -0.15) is 4.98 Å². The number of methoxy groups -OCH3 is 1. The molecule has 0 aliphatic heterocycles. The van der Waals surface area contributed by atoms with E-state index in [-0.39, 0.29) is 0 Å². The average Bonchev–Trinajstić information content (AvgIpc) is 2.46. The predicted octanol–water partition coefficient (Wildman–Crippen LogP) is 1.56. The summed E-state index contributed by atoms with van der Waals surface area (Å²) in [6.07, 6.45) is 1.40. The van der Waals surface area contributed by atoms with Gasteiger partial charge in [-0.05, 0) is 12.1 Å². The lowest BCUT2D eigenvalue weighted by atomic mass is 10.3. The average molecular weight is 260 g/mol. The molecule has 0 saturated carbocycles. The van der Waals surface area contributed by atoms with Crippen LogP contribution >= 0.6 is 0 Å². The summed E-state index contributed by atoms with van der Waals surface area (Å²) in [5.41, 5.74) is 6.23. The zero-order valence-electron chi connectivity index (χ0n) is 10.7. The molecule has 0 aliphatic carbocycles. The van der Waals surface area contributed by atoms with Crippen LogP contribution in [0.15, 0.2) is 36.7 Å². The Balaban J connectivity index is 1.83. The van der Waals surface area contributed by atoms with E-state index in [4.69, 9.17) is 15.2 Å². The molecule has 100 valence electrons. The van der Waals surface area contributed by atoms with Crippen LogP contribution in [0.2, 0.25) is 0 Å². The Bertz CT molecular complexity index is 519. The molecule has 0 bridgehead atoms. The highest BCUT2D eigenvalue weighted by atomic mass is 16.5. The number of rotatable bonds is 6. The number of benzene rings is 1. The van der Waals surface area contributed by atoms with Gasteiger partial charge in [-0.25, -0.2) is 4.98 Å². The lowest BCUT2D eigenvalue weighted by Gasteiger charge is -2.10. The zero-order chi connectivity index (χ0) is 13.5. The first-order chi connectivity index (χ1) is 9.31. The third kappa shape index (κ3) is 3.48. The molecule has 19 heavy (non-hydrogen) atoms. The maximum atomic E-state index is 5.83. The number of hydrogen-bond donors (Lipinski definition) is 2. The van der Waals surface area contributed by atoms with Crippen molar-refractivity contribution >= 4 is 11.5 Å². The van der Waals surface area contributed by atoms with Crippen LogP contribution in [0.1, 0.15) is 0 Å². The zero-order valence-corrected chi connectivity index (χ0v) is 10.7. The smallest absolute Gasteiger partial charge is 0.242 e. The van der Waals surface area contributed by atoms with Crippen molar-refractivity contribution in [3.05, 3.63) is 36.7 Å². The summed E-state index contributed by atoms with van der Waals surface area (Å²) in [6.45, 7) is 1.09. The first kappa shape index (κ1) is 12.9. The van der Waals surface area contributed by atoms with Gasteiger partial charge in [0.1, 0.15) is 24.4 Å². The van der Waals surface area contributed by atoms with Crippen molar-refractivity contribution in [2.45, 2.75) is 0 Å². The van der Waals surface area contributed by atoms with E-state index in [1.54, 1.807) is 0 Å². The van der Waals surface area contributed by atoms with Crippen LogP contribution in [0.4, 0.5) is 11.5 Å². The van der Waals surface area contributed by atoms with Crippen LogP contribution < -0.4 is 20.5 Å². The predicted molar refractivity (Wildman–Crippen MR) is 73.4 cm³/mol. The van der Waals surface area contributed by atoms with Gasteiger partial charge in [0, 0.05) is 0 Å². The summed E-state index contributed by atoms with van der Waals surface area (Å²) in [6, 6.07) is 9.61. The van der Waals surface area contributed by atoms with Crippen molar-refractivity contribution in [2.75, 3.05) is 31.3 Å². The standard InChI is InChI=1S/C13H16N4O2/c1-18-13-11(14)12(16-9-17-13)15-7-8-19-10-5-3-2-4-6-10/h2-6,9H,7-8,14H2,1H3,(H,15,16,17). The molecular weight excluding hydrogens is 244 g/mol. The van der Waals surface area contributed by atoms with Crippen LogP contribution in [0.25, 0.3) is 0 Å². The Morgan fingerprint density at radius 3 is 2.74 bits per heavy atom. The van der Waals surface area contributed by atoms with Crippen LogP contribution in [-0.4, -0.2) is 30.2 Å². The largest absolute Gasteiger partial charge is 0.492 e. The van der Waals surface area contributed by atoms with Crippen molar-refractivity contribution < 1.29 is 9.47 Å². The fraction of sp³-hybridized carbons (Fsp3) is 0.231. The highest BCUT2D eigenvalue weighted by Crippen LogP contribution is 2.23. The summed E-state index contributed by atoms with van der Waals surface area (Å²) >= 11 is 0. The third-order valence-corrected chi connectivity index (χ3v) is 2.45. The Kier molecular flexibility index (Phi) is 4.39. The maximum Gasteiger partial charge on any atom is 0.242 e. The van der Waals surface area contributed by atoms with E-state index in [1.165, 1.54) is 13.4 Å². The summed E-state index contributed by atoms with van der Waals surface area (Å²) in [5.74, 6) is 1.74. The quantitative estimate of drug-likeness (QED) is 0.767. The molecule has 0 fully saturated rings. The van der Waals surface area contributed by atoms with Crippen molar-refractivity contribution in [1.29, 1.82) is 0 Å². The van der Waals surface area contributed by atoms with Gasteiger partial charge in [-0.15, -0.1) is 0 Å². The number of hydrogen-bond acceptors (Lipinski definition) is 6. The first-order valence-electron chi connectivity index (χ1n) is 5.87. The van der Waals surface area contributed by atoms with Crippen molar-refractivity contribution in [2.24, 2.45) is 0 Å². The normalized spacial score (nSPS) is 9.95. The second kappa shape index (κ2) is 6.44. The monoisotopic (exact) mass is 260 g/mol. The molecule has 0 saturated heterocycles. The number of ether oxygens (including phenoxy) is 2. The number of nitrogens with two attached hydrogens (primary N) is 1. The van der Waals surface area contributed by atoms with Gasteiger partial charge in [-0.3, -0.25) is 0 Å². The molecule has 0 aliphatic rings. The summed E-state index contributed by atoms with van der Waals surface area (Å²) in [4.78, 5) is 7.95. The third-order valence-electron chi connectivity index (χ3n) is 2.45. The molecule has 0 unspecified atom stereocenters. The van der Waals surface area contributed by atoms with Crippen molar-refractivity contribution in [3.8, 4) is 11.6 Å². The lowest BCUT2D eigenvalue weighted by Crippen LogP contribution is -2.14. The van der Waals surface area contributed by atoms with Gasteiger partial charge >= 0.3 is 0 Å². The Morgan fingerprint density at radius 1 is 1.21 bits per heavy atom. The van der Waals surface area contributed by atoms with Gasteiger partial charge < -0.3 is 20.5 Å². The van der Waals surface area contributed by atoms with E-state index in [0.717, 1.165) is 5.75 Å². The molecule has 0 atom stereocenters. The van der Waals surface area contributed by atoms with Gasteiger partial charge in [0.15, 0.2) is 5.82 Å². The number of anilines is 2. The van der Waals surface area contributed by atoms with E-state index in [0.29, 0.717) is 30.5 Å². The SMILES string of the molecule is COc1ncnc(NCCOc2ccccc2)c1N. The molecule has 6 heteroatoms.